The Morgan fingerprint density at radius 1 is 1.67 bits per heavy atom. The summed E-state index contributed by atoms with van der Waals surface area (Å²) in [6.45, 7) is -0.316. The predicted octanol–water partition coefficient (Wildman–Crippen LogP) is -1.91. The van der Waals surface area contributed by atoms with Gasteiger partial charge in [0, 0.05) is 13.3 Å². The monoisotopic (exact) mass is 257 g/mol. The summed E-state index contributed by atoms with van der Waals surface area (Å²) in [4.78, 5) is 15.2. The van der Waals surface area contributed by atoms with Crippen molar-refractivity contribution in [2.24, 2.45) is 0 Å². The number of hydrogen-bond donors (Lipinski definition) is 3. The molecule has 0 aromatic carbocycles. The van der Waals surface area contributed by atoms with Gasteiger partial charge in [0.25, 0.3) is 0 Å². The van der Waals surface area contributed by atoms with Gasteiger partial charge in [-0.25, -0.2) is 4.79 Å². The first kappa shape index (κ1) is 13.0. The van der Waals surface area contributed by atoms with Crippen LogP contribution in [0.1, 0.15) is 6.23 Å². The van der Waals surface area contributed by atoms with Crippen LogP contribution in [0.3, 0.4) is 0 Å². The lowest BCUT2D eigenvalue weighted by Gasteiger charge is -2.18. The number of aliphatic hydroxyl groups is 2. The van der Waals surface area contributed by atoms with Gasteiger partial charge in [-0.3, -0.25) is 4.57 Å². The van der Waals surface area contributed by atoms with Gasteiger partial charge in [0.2, 0.25) is 0 Å². The standard InChI is InChI=1S/C10H15N3O5/c1-17-8-5(4-14)18-9(7(8)15)13-3-2-6(11)12-10(13)16/h2-3,5,7-9,14-15H,4H2,1H3,(H2,11,12,16)/t5-,7+,8-,9-/m1/s1. The lowest BCUT2D eigenvalue weighted by molar-refractivity contribution is -0.0568. The normalized spacial score (nSPS) is 31.7. The van der Waals surface area contributed by atoms with Gasteiger partial charge >= 0.3 is 5.69 Å². The van der Waals surface area contributed by atoms with Crippen LogP contribution in [-0.4, -0.2) is 51.8 Å². The molecular formula is C10H15N3O5. The molecule has 100 valence electrons. The van der Waals surface area contributed by atoms with Crippen LogP contribution in [0, 0.1) is 0 Å². The van der Waals surface area contributed by atoms with Crippen LogP contribution in [0.25, 0.3) is 0 Å². The minimum absolute atomic E-state index is 0.0886. The highest BCUT2D eigenvalue weighted by Gasteiger charge is 2.45. The second kappa shape index (κ2) is 5.02. The van der Waals surface area contributed by atoms with E-state index in [1.54, 1.807) is 0 Å². The summed E-state index contributed by atoms with van der Waals surface area (Å²) in [6.07, 6.45) is -2.04. The Kier molecular flexibility index (Phi) is 3.62. The Morgan fingerprint density at radius 2 is 2.39 bits per heavy atom. The van der Waals surface area contributed by atoms with Crippen molar-refractivity contribution in [3.8, 4) is 0 Å². The minimum atomic E-state index is -1.07. The molecule has 1 aliphatic heterocycles. The van der Waals surface area contributed by atoms with Gasteiger partial charge in [-0.2, -0.15) is 4.98 Å². The number of rotatable bonds is 3. The van der Waals surface area contributed by atoms with E-state index in [9.17, 15) is 9.90 Å². The van der Waals surface area contributed by atoms with Gasteiger partial charge in [-0.05, 0) is 6.07 Å². The van der Waals surface area contributed by atoms with Crippen molar-refractivity contribution < 1.29 is 19.7 Å². The molecule has 8 heteroatoms. The third-order valence-electron chi connectivity index (χ3n) is 2.89. The Bertz CT molecular complexity index is 477. The van der Waals surface area contributed by atoms with Crippen LogP contribution in [0.15, 0.2) is 17.1 Å². The lowest BCUT2D eigenvalue weighted by atomic mass is 10.1. The third kappa shape index (κ3) is 2.10. The molecular weight excluding hydrogens is 242 g/mol. The molecule has 2 heterocycles. The third-order valence-corrected chi connectivity index (χ3v) is 2.89. The van der Waals surface area contributed by atoms with E-state index < -0.39 is 30.2 Å². The fraction of sp³-hybridized carbons (Fsp3) is 0.600. The fourth-order valence-electron chi connectivity index (χ4n) is 2.01. The molecule has 2 rings (SSSR count). The fourth-order valence-corrected chi connectivity index (χ4v) is 2.01. The summed E-state index contributed by atoms with van der Waals surface area (Å²) in [5, 5.41) is 19.1. The lowest BCUT2D eigenvalue weighted by Crippen LogP contribution is -2.37. The molecule has 1 aliphatic rings. The van der Waals surface area contributed by atoms with Crippen LogP contribution in [0.2, 0.25) is 0 Å². The van der Waals surface area contributed by atoms with Gasteiger partial charge in [0.15, 0.2) is 6.23 Å². The van der Waals surface area contributed by atoms with E-state index >= 15 is 0 Å². The summed E-state index contributed by atoms with van der Waals surface area (Å²) in [6, 6.07) is 1.42. The van der Waals surface area contributed by atoms with Crippen LogP contribution in [0.4, 0.5) is 5.82 Å². The number of hydrogen-bond acceptors (Lipinski definition) is 7. The number of aliphatic hydroxyl groups excluding tert-OH is 2. The molecule has 1 fully saturated rings. The Balaban J connectivity index is 2.32. The smallest absolute Gasteiger partial charge is 0.351 e. The van der Waals surface area contributed by atoms with Crippen LogP contribution >= 0.6 is 0 Å². The summed E-state index contributed by atoms with van der Waals surface area (Å²) in [5.74, 6) is 0.0886. The van der Waals surface area contributed by atoms with Crippen molar-refractivity contribution in [3.05, 3.63) is 22.7 Å². The highest BCUT2D eigenvalue weighted by atomic mass is 16.6. The minimum Gasteiger partial charge on any atom is -0.394 e. The predicted molar refractivity (Wildman–Crippen MR) is 60.7 cm³/mol. The van der Waals surface area contributed by atoms with E-state index in [1.165, 1.54) is 19.4 Å². The number of nitrogens with two attached hydrogens (primary N) is 1. The maximum Gasteiger partial charge on any atom is 0.351 e. The molecule has 4 N–H and O–H groups in total. The zero-order valence-corrected chi connectivity index (χ0v) is 9.76. The molecule has 1 saturated heterocycles. The van der Waals surface area contributed by atoms with Crippen molar-refractivity contribution in [2.75, 3.05) is 19.5 Å². The van der Waals surface area contributed by atoms with Crippen LogP contribution < -0.4 is 11.4 Å². The molecule has 0 bridgehead atoms. The molecule has 0 amide bonds. The van der Waals surface area contributed by atoms with Gasteiger partial charge in [-0.15, -0.1) is 0 Å². The van der Waals surface area contributed by atoms with E-state index in [2.05, 4.69) is 4.98 Å². The Hall–Kier alpha value is -1.48. The SMILES string of the molecule is CO[C@H]1[C@H](O)[C@H](n2ccc(N)nc2=O)O[C@@H]1CO. The Morgan fingerprint density at radius 3 is 2.89 bits per heavy atom. The van der Waals surface area contributed by atoms with Gasteiger partial charge in [-0.1, -0.05) is 0 Å². The summed E-state index contributed by atoms with van der Waals surface area (Å²) in [7, 11) is 1.40. The first-order chi connectivity index (χ1) is 8.58. The molecule has 0 radical (unpaired) electrons. The second-order valence-corrected chi connectivity index (χ2v) is 3.98. The summed E-state index contributed by atoms with van der Waals surface area (Å²) < 4.78 is 11.6. The van der Waals surface area contributed by atoms with E-state index in [0.717, 1.165) is 4.57 Å². The van der Waals surface area contributed by atoms with Gasteiger partial charge in [0.05, 0.1) is 6.61 Å². The quantitative estimate of drug-likeness (QED) is 0.578. The van der Waals surface area contributed by atoms with Crippen molar-refractivity contribution in [1.29, 1.82) is 0 Å². The average molecular weight is 257 g/mol. The first-order valence-electron chi connectivity index (χ1n) is 5.40. The molecule has 18 heavy (non-hydrogen) atoms. The number of nitrogens with zero attached hydrogens (tertiary/aromatic N) is 2. The summed E-state index contributed by atoms with van der Waals surface area (Å²) in [5.41, 5.74) is 4.74. The number of ether oxygens (including phenoxy) is 2. The van der Waals surface area contributed by atoms with E-state index in [4.69, 9.17) is 20.3 Å². The number of methoxy groups -OCH3 is 1. The topological polar surface area (TPSA) is 120 Å². The van der Waals surface area contributed by atoms with Crippen molar-refractivity contribution in [1.82, 2.24) is 9.55 Å². The highest BCUT2D eigenvalue weighted by molar-refractivity contribution is 5.23. The number of nitrogen functional groups attached to an aromatic ring is 1. The van der Waals surface area contributed by atoms with E-state index in [1.807, 2.05) is 0 Å². The molecule has 0 aliphatic carbocycles. The van der Waals surface area contributed by atoms with Gasteiger partial charge in [0.1, 0.15) is 24.1 Å². The molecule has 0 saturated carbocycles. The number of anilines is 1. The molecule has 8 nitrogen and oxygen atoms in total. The molecule has 0 unspecified atom stereocenters. The molecule has 1 aromatic heterocycles. The van der Waals surface area contributed by atoms with Crippen molar-refractivity contribution >= 4 is 5.82 Å². The zero-order valence-electron chi connectivity index (χ0n) is 9.76. The maximum atomic E-state index is 11.6. The first-order valence-corrected chi connectivity index (χ1v) is 5.40. The average Bonchev–Trinajstić information content (AvgIpc) is 2.66. The maximum absolute atomic E-state index is 11.6. The number of aromatic nitrogens is 2. The van der Waals surface area contributed by atoms with Crippen LogP contribution in [0.5, 0.6) is 0 Å². The molecule has 1 aromatic rings. The van der Waals surface area contributed by atoms with Gasteiger partial charge < -0.3 is 25.4 Å². The van der Waals surface area contributed by atoms with Crippen LogP contribution in [-0.2, 0) is 9.47 Å². The van der Waals surface area contributed by atoms with Crippen molar-refractivity contribution in [3.63, 3.8) is 0 Å². The van der Waals surface area contributed by atoms with E-state index in [0.29, 0.717) is 0 Å². The molecule has 4 atom stereocenters. The zero-order chi connectivity index (χ0) is 13.3. The second-order valence-electron chi connectivity index (χ2n) is 3.98. The largest absolute Gasteiger partial charge is 0.394 e. The molecule has 0 spiro atoms. The summed E-state index contributed by atoms with van der Waals surface area (Å²) >= 11 is 0. The van der Waals surface area contributed by atoms with Crippen molar-refractivity contribution in [2.45, 2.75) is 24.5 Å². The Labute approximate surface area is 103 Å². The van der Waals surface area contributed by atoms with E-state index in [-0.39, 0.29) is 12.4 Å². The highest BCUT2D eigenvalue weighted by Crippen LogP contribution is 2.29.